The van der Waals surface area contributed by atoms with E-state index in [1.54, 1.807) is 24.3 Å². The van der Waals surface area contributed by atoms with Crippen molar-refractivity contribution >= 4 is 17.5 Å². The molecule has 0 aliphatic rings. The second kappa shape index (κ2) is 6.34. The maximum absolute atomic E-state index is 12.2. The van der Waals surface area contributed by atoms with Crippen LogP contribution in [0.5, 0.6) is 0 Å². The van der Waals surface area contributed by atoms with Crippen LogP contribution in [0.2, 0.25) is 0 Å². The van der Waals surface area contributed by atoms with Crippen molar-refractivity contribution < 1.29 is 4.79 Å². The lowest BCUT2D eigenvalue weighted by atomic mass is 10.1. The van der Waals surface area contributed by atoms with Crippen LogP contribution < -0.4 is 0 Å². The highest BCUT2D eigenvalue weighted by Crippen LogP contribution is 2.22. The first-order valence-corrected chi connectivity index (χ1v) is 6.45. The fraction of sp³-hybridized carbons (Fsp3) is 0.200. The molecule has 1 amide bonds. The number of pyridine rings is 1. The van der Waals surface area contributed by atoms with Gasteiger partial charge in [0.2, 0.25) is 5.91 Å². The number of benzene rings is 1. The SMILES string of the molecule is CN(Cc1cccnc1)C(=O)C(Cl)c1ccccc1. The molecule has 0 saturated heterocycles. The number of aromatic nitrogens is 1. The number of likely N-dealkylation sites (N-methyl/N-ethyl adjacent to an activating group) is 1. The van der Waals surface area contributed by atoms with Crippen molar-refractivity contribution in [2.75, 3.05) is 7.05 Å². The predicted octanol–water partition coefficient (Wildman–Crippen LogP) is 3.02. The maximum Gasteiger partial charge on any atom is 0.245 e. The van der Waals surface area contributed by atoms with Crippen LogP contribution in [-0.2, 0) is 11.3 Å². The van der Waals surface area contributed by atoms with Crippen LogP contribution in [0.25, 0.3) is 0 Å². The van der Waals surface area contributed by atoms with E-state index in [2.05, 4.69) is 4.98 Å². The molecule has 3 nitrogen and oxygen atoms in total. The molecule has 0 bridgehead atoms. The quantitative estimate of drug-likeness (QED) is 0.803. The molecule has 1 aromatic carbocycles. The van der Waals surface area contributed by atoms with Crippen LogP contribution >= 0.6 is 11.6 Å². The third-order valence-electron chi connectivity index (χ3n) is 2.83. The lowest BCUT2D eigenvalue weighted by molar-refractivity contribution is -0.130. The molecule has 0 spiro atoms. The summed E-state index contributed by atoms with van der Waals surface area (Å²) in [6, 6.07) is 13.1. The van der Waals surface area contributed by atoms with E-state index < -0.39 is 5.38 Å². The molecule has 98 valence electrons. The molecule has 0 aliphatic carbocycles. The molecule has 2 rings (SSSR count). The Hall–Kier alpha value is -1.87. The van der Waals surface area contributed by atoms with E-state index in [0.29, 0.717) is 6.54 Å². The molecule has 1 heterocycles. The zero-order chi connectivity index (χ0) is 13.7. The number of alkyl halides is 1. The van der Waals surface area contributed by atoms with Gasteiger partial charge in [0.1, 0.15) is 5.38 Å². The highest BCUT2D eigenvalue weighted by molar-refractivity contribution is 6.30. The van der Waals surface area contributed by atoms with Crippen molar-refractivity contribution in [2.24, 2.45) is 0 Å². The van der Waals surface area contributed by atoms with Gasteiger partial charge in [-0.05, 0) is 17.2 Å². The first-order valence-electron chi connectivity index (χ1n) is 6.01. The Morgan fingerprint density at radius 2 is 2.00 bits per heavy atom. The minimum Gasteiger partial charge on any atom is -0.340 e. The van der Waals surface area contributed by atoms with E-state index in [1.807, 2.05) is 42.5 Å². The molecule has 0 aliphatic heterocycles. The zero-order valence-electron chi connectivity index (χ0n) is 10.7. The lowest BCUT2D eigenvalue weighted by Crippen LogP contribution is -2.29. The number of nitrogens with zero attached hydrogens (tertiary/aromatic N) is 2. The molecule has 1 atom stereocenters. The molecular weight excluding hydrogens is 260 g/mol. The molecule has 2 aromatic rings. The van der Waals surface area contributed by atoms with Gasteiger partial charge in [-0.25, -0.2) is 0 Å². The van der Waals surface area contributed by atoms with Gasteiger partial charge in [0.15, 0.2) is 0 Å². The van der Waals surface area contributed by atoms with Crippen LogP contribution in [0.4, 0.5) is 0 Å². The second-order valence-corrected chi connectivity index (χ2v) is 4.77. The van der Waals surface area contributed by atoms with Crippen molar-refractivity contribution in [1.82, 2.24) is 9.88 Å². The molecule has 1 aromatic heterocycles. The lowest BCUT2D eigenvalue weighted by Gasteiger charge is -2.20. The fourth-order valence-electron chi connectivity index (χ4n) is 1.80. The van der Waals surface area contributed by atoms with Crippen molar-refractivity contribution in [3.63, 3.8) is 0 Å². The smallest absolute Gasteiger partial charge is 0.245 e. The molecule has 1 unspecified atom stereocenters. The third kappa shape index (κ3) is 3.55. The molecular formula is C15H15ClN2O. The van der Waals surface area contributed by atoms with Gasteiger partial charge in [-0.1, -0.05) is 36.4 Å². The van der Waals surface area contributed by atoms with E-state index in [9.17, 15) is 4.79 Å². The molecule has 4 heteroatoms. The van der Waals surface area contributed by atoms with Crippen LogP contribution in [-0.4, -0.2) is 22.8 Å². The Kier molecular flexibility index (Phi) is 4.53. The number of carbonyl (C=O) groups is 1. The average Bonchev–Trinajstić information content (AvgIpc) is 2.47. The summed E-state index contributed by atoms with van der Waals surface area (Å²) in [4.78, 5) is 17.9. The highest BCUT2D eigenvalue weighted by atomic mass is 35.5. The van der Waals surface area contributed by atoms with Gasteiger partial charge in [0.05, 0.1) is 0 Å². The average molecular weight is 275 g/mol. The first-order chi connectivity index (χ1) is 9.18. The third-order valence-corrected chi connectivity index (χ3v) is 3.27. The van der Waals surface area contributed by atoms with Gasteiger partial charge in [-0.3, -0.25) is 9.78 Å². The summed E-state index contributed by atoms with van der Waals surface area (Å²) in [5, 5.41) is -0.650. The molecule has 0 radical (unpaired) electrons. The Morgan fingerprint density at radius 1 is 1.26 bits per heavy atom. The number of halogens is 1. The largest absolute Gasteiger partial charge is 0.340 e. The predicted molar refractivity (Wildman–Crippen MR) is 75.7 cm³/mol. The normalized spacial score (nSPS) is 11.9. The number of hydrogen-bond donors (Lipinski definition) is 0. The summed E-state index contributed by atoms with van der Waals surface area (Å²) in [5.41, 5.74) is 1.79. The van der Waals surface area contributed by atoms with E-state index in [1.165, 1.54) is 0 Å². The minimum atomic E-state index is -0.650. The van der Waals surface area contributed by atoms with E-state index in [-0.39, 0.29) is 5.91 Å². The zero-order valence-corrected chi connectivity index (χ0v) is 11.4. The van der Waals surface area contributed by atoms with Crippen molar-refractivity contribution in [1.29, 1.82) is 0 Å². The molecule has 0 N–H and O–H groups in total. The summed E-state index contributed by atoms with van der Waals surface area (Å²) >= 11 is 6.21. The Balaban J connectivity index is 2.03. The summed E-state index contributed by atoms with van der Waals surface area (Å²) in [6.45, 7) is 0.503. The summed E-state index contributed by atoms with van der Waals surface area (Å²) in [7, 11) is 1.74. The Labute approximate surface area is 117 Å². The van der Waals surface area contributed by atoms with Gasteiger partial charge >= 0.3 is 0 Å². The van der Waals surface area contributed by atoms with E-state index >= 15 is 0 Å². The van der Waals surface area contributed by atoms with Crippen molar-refractivity contribution in [2.45, 2.75) is 11.9 Å². The summed E-state index contributed by atoms with van der Waals surface area (Å²) < 4.78 is 0. The molecule has 0 fully saturated rings. The van der Waals surface area contributed by atoms with E-state index in [4.69, 9.17) is 11.6 Å². The Bertz CT molecular complexity index is 530. The van der Waals surface area contributed by atoms with Crippen LogP contribution in [0.15, 0.2) is 54.9 Å². The van der Waals surface area contributed by atoms with Crippen LogP contribution in [0.3, 0.4) is 0 Å². The standard InChI is InChI=1S/C15H15ClN2O/c1-18(11-12-6-5-9-17-10-12)15(19)14(16)13-7-3-2-4-8-13/h2-10,14H,11H2,1H3. The number of hydrogen-bond acceptors (Lipinski definition) is 2. The Morgan fingerprint density at radius 3 is 2.63 bits per heavy atom. The number of carbonyl (C=O) groups excluding carboxylic acids is 1. The van der Waals surface area contributed by atoms with Crippen LogP contribution in [0, 0.1) is 0 Å². The van der Waals surface area contributed by atoms with Gasteiger partial charge in [-0.15, -0.1) is 11.6 Å². The number of amides is 1. The topological polar surface area (TPSA) is 33.2 Å². The maximum atomic E-state index is 12.2. The monoisotopic (exact) mass is 274 g/mol. The van der Waals surface area contributed by atoms with Crippen molar-refractivity contribution in [3.8, 4) is 0 Å². The number of rotatable bonds is 4. The van der Waals surface area contributed by atoms with E-state index in [0.717, 1.165) is 11.1 Å². The van der Waals surface area contributed by atoms with Gasteiger partial charge in [0, 0.05) is 26.0 Å². The summed E-state index contributed by atoms with van der Waals surface area (Å²) in [5.74, 6) is -0.114. The molecule has 19 heavy (non-hydrogen) atoms. The van der Waals surface area contributed by atoms with Crippen LogP contribution in [0.1, 0.15) is 16.5 Å². The minimum absolute atomic E-state index is 0.114. The summed E-state index contributed by atoms with van der Waals surface area (Å²) in [6.07, 6.45) is 3.45. The first kappa shape index (κ1) is 13.6. The van der Waals surface area contributed by atoms with Gasteiger partial charge in [-0.2, -0.15) is 0 Å². The van der Waals surface area contributed by atoms with Crippen molar-refractivity contribution in [3.05, 3.63) is 66.0 Å². The fourth-order valence-corrected chi connectivity index (χ4v) is 2.11. The molecule has 0 saturated carbocycles. The highest BCUT2D eigenvalue weighted by Gasteiger charge is 2.21. The van der Waals surface area contributed by atoms with Gasteiger partial charge in [0.25, 0.3) is 0 Å². The van der Waals surface area contributed by atoms with Gasteiger partial charge < -0.3 is 4.90 Å². The second-order valence-electron chi connectivity index (χ2n) is 4.33.